The summed E-state index contributed by atoms with van der Waals surface area (Å²) in [4.78, 5) is 36.5. The molecule has 0 saturated carbocycles. The van der Waals surface area contributed by atoms with E-state index in [0.717, 1.165) is 44.2 Å². The molecule has 128 valence electrons. The second-order valence-corrected chi connectivity index (χ2v) is 6.22. The van der Waals surface area contributed by atoms with Gasteiger partial charge in [-0.15, -0.1) is 0 Å². The highest BCUT2D eigenvalue weighted by molar-refractivity contribution is 5.92. The quantitative estimate of drug-likeness (QED) is 0.906. The van der Waals surface area contributed by atoms with Gasteiger partial charge in [0.25, 0.3) is 11.5 Å². The van der Waals surface area contributed by atoms with E-state index in [2.05, 4.69) is 26.4 Å². The fourth-order valence-corrected chi connectivity index (χ4v) is 3.19. The molecule has 1 fully saturated rings. The Balaban J connectivity index is 1.72. The molecule has 1 aliphatic rings. The van der Waals surface area contributed by atoms with Crippen molar-refractivity contribution in [3.63, 3.8) is 0 Å². The van der Waals surface area contributed by atoms with Crippen molar-refractivity contribution < 1.29 is 4.79 Å². The van der Waals surface area contributed by atoms with Crippen molar-refractivity contribution >= 4 is 5.91 Å². The zero-order valence-electron chi connectivity index (χ0n) is 13.9. The number of rotatable bonds is 5. The number of carbonyl (C=O) groups is 1. The predicted molar refractivity (Wildman–Crippen MR) is 89.9 cm³/mol. The monoisotopic (exact) mass is 329 g/mol. The molecule has 7 heteroatoms. The molecule has 2 aromatic rings. The van der Waals surface area contributed by atoms with E-state index < -0.39 is 0 Å². The number of hydrogen-bond acceptors (Lipinski definition) is 4. The number of nitrogens with zero attached hydrogens (tertiary/aromatic N) is 4. The Kier molecular flexibility index (Phi) is 5.08. The predicted octanol–water partition coefficient (Wildman–Crippen LogP) is 1.79. The molecule has 0 spiro atoms. The Labute approximate surface area is 140 Å². The van der Waals surface area contributed by atoms with Crippen molar-refractivity contribution in [2.75, 3.05) is 13.1 Å². The van der Waals surface area contributed by atoms with Crippen LogP contribution in [-0.2, 0) is 6.54 Å². The van der Waals surface area contributed by atoms with Crippen LogP contribution < -0.4 is 5.56 Å². The number of hydrogen-bond donors (Lipinski definition) is 1. The minimum Gasteiger partial charge on any atom is -0.337 e. The molecule has 0 radical (unpaired) electrons. The van der Waals surface area contributed by atoms with Crippen molar-refractivity contribution in [2.24, 2.45) is 0 Å². The van der Waals surface area contributed by atoms with Gasteiger partial charge in [-0.3, -0.25) is 9.59 Å². The first-order valence-electron chi connectivity index (χ1n) is 8.54. The summed E-state index contributed by atoms with van der Waals surface area (Å²) in [5.41, 5.74) is -0.0226. The van der Waals surface area contributed by atoms with E-state index in [4.69, 9.17) is 0 Å². The standard InChI is InChI=1S/C17H23N5O2/c1-2-3-7-21-9-6-18-16(21)13-5-4-8-22(12-13)17(24)14-10-20-15(23)11-19-14/h6,9-11,13H,2-5,7-8,12H2,1H3,(H,20,23). The molecule has 1 aliphatic heterocycles. The van der Waals surface area contributed by atoms with Crippen molar-refractivity contribution in [3.05, 3.63) is 46.7 Å². The highest BCUT2D eigenvalue weighted by Gasteiger charge is 2.28. The van der Waals surface area contributed by atoms with Crippen LogP contribution in [0.25, 0.3) is 0 Å². The Hall–Kier alpha value is -2.44. The van der Waals surface area contributed by atoms with Crippen molar-refractivity contribution in [1.29, 1.82) is 0 Å². The number of aromatic amines is 1. The van der Waals surface area contributed by atoms with E-state index in [1.165, 1.54) is 6.20 Å². The van der Waals surface area contributed by atoms with Gasteiger partial charge in [0, 0.05) is 44.1 Å². The highest BCUT2D eigenvalue weighted by Crippen LogP contribution is 2.26. The maximum Gasteiger partial charge on any atom is 0.273 e. The minimum atomic E-state index is -0.305. The number of unbranched alkanes of at least 4 members (excludes halogenated alkanes) is 1. The summed E-state index contributed by atoms with van der Waals surface area (Å²) in [6, 6.07) is 0. The largest absolute Gasteiger partial charge is 0.337 e. The molecule has 0 aliphatic carbocycles. The van der Waals surface area contributed by atoms with Gasteiger partial charge in [-0.25, -0.2) is 9.97 Å². The van der Waals surface area contributed by atoms with E-state index in [1.54, 1.807) is 0 Å². The molecule has 0 aromatic carbocycles. The number of aromatic nitrogens is 4. The first-order valence-corrected chi connectivity index (χ1v) is 8.54. The van der Waals surface area contributed by atoms with Gasteiger partial charge in [-0.2, -0.15) is 0 Å². The maximum atomic E-state index is 12.6. The Morgan fingerprint density at radius 3 is 3.04 bits per heavy atom. The van der Waals surface area contributed by atoms with Gasteiger partial charge in [-0.1, -0.05) is 13.3 Å². The van der Waals surface area contributed by atoms with Crippen LogP contribution in [0.3, 0.4) is 0 Å². The lowest BCUT2D eigenvalue weighted by molar-refractivity contribution is 0.0696. The summed E-state index contributed by atoms with van der Waals surface area (Å²) in [6.45, 7) is 4.50. The number of piperidine rings is 1. The number of aryl methyl sites for hydroxylation is 1. The van der Waals surface area contributed by atoms with Gasteiger partial charge in [-0.05, 0) is 19.3 Å². The fourth-order valence-electron chi connectivity index (χ4n) is 3.19. The molecule has 3 heterocycles. The molecular formula is C17H23N5O2. The van der Waals surface area contributed by atoms with Crippen molar-refractivity contribution in [2.45, 2.75) is 45.1 Å². The minimum absolute atomic E-state index is 0.136. The molecule has 24 heavy (non-hydrogen) atoms. The third kappa shape index (κ3) is 3.55. The zero-order valence-corrected chi connectivity index (χ0v) is 13.9. The molecule has 1 atom stereocenters. The second kappa shape index (κ2) is 7.42. The van der Waals surface area contributed by atoms with E-state index >= 15 is 0 Å². The smallest absolute Gasteiger partial charge is 0.273 e. The van der Waals surface area contributed by atoms with Crippen LogP contribution in [-0.4, -0.2) is 43.4 Å². The van der Waals surface area contributed by atoms with Crippen LogP contribution >= 0.6 is 0 Å². The van der Waals surface area contributed by atoms with Crippen LogP contribution in [0.5, 0.6) is 0 Å². The molecule has 0 bridgehead atoms. The summed E-state index contributed by atoms with van der Waals surface area (Å²) in [5, 5.41) is 0. The molecular weight excluding hydrogens is 306 g/mol. The Bertz CT molecular complexity index is 731. The van der Waals surface area contributed by atoms with E-state index in [9.17, 15) is 9.59 Å². The van der Waals surface area contributed by atoms with Crippen LogP contribution in [0.15, 0.2) is 29.6 Å². The van der Waals surface area contributed by atoms with Crippen LogP contribution in [0.1, 0.15) is 54.8 Å². The average Bonchev–Trinajstić information content (AvgIpc) is 3.08. The first-order chi connectivity index (χ1) is 11.7. The van der Waals surface area contributed by atoms with Gasteiger partial charge in [0.15, 0.2) is 0 Å². The topological polar surface area (TPSA) is 83.9 Å². The molecule has 3 rings (SSSR count). The summed E-state index contributed by atoms with van der Waals surface area (Å²) >= 11 is 0. The molecule has 1 amide bonds. The highest BCUT2D eigenvalue weighted by atomic mass is 16.2. The van der Waals surface area contributed by atoms with E-state index in [1.807, 2.05) is 17.3 Å². The summed E-state index contributed by atoms with van der Waals surface area (Å²) < 4.78 is 2.21. The Morgan fingerprint density at radius 1 is 1.42 bits per heavy atom. The van der Waals surface area contributed by atoms with E-state index in [-0.39, 0.29) is 23.1 Å². The Morgan fingerprint density at radius 2 is 2.29 bits per heavy atom. The fraction of sp³-hybridized carbons (Fsp3) is 0.529. The third-order valence-electron chi connectivity index (χ3n) is 4.47. The normalized spacial score (nSPS) is 17.9. The third-order valence-corrected chi connectivity index (χ3v) is 4.47. The molecule has 1 unspecified atom stereocenters. The summed E-state index contributed by atoms with van der Waals surface area (Å²) in [6.07, 6.45) is 10.6. The number of carbonyl (C=O) groups excluding carboxylic acids is 1. The SMILES string of the molecule is CCCCn1ccnc1C1CCCN(C(=O)c2c[nH]c(=O)cn2)C1. The average molecular weight is 329 g/mol. The van der Waals surface area contributed by atoms with Crippen LogP contribution in [0, 0.1) is 0 Å². The van der Waals surface area contributed by atoms with Gasteiger partial charge < -0.3 is 14.5 Å². The summed E-state index contributed by atoms with van der Waals surface area (Å²) in [7, 11) is 0. The number of H-pyrrole nitrogens is 1. The lowest BCUT2D eigenvalue weighted by atomic mass is 9.96. The number of likely N-dealkylation sites (tertiary alicyclic amines) is 1. The lowest BCUT2D eigenvalue weighted by Crippen LogP contribution is -2.40. The lowest BCUT2D eigenvalue weighted by Gasteiger charge is -2.32. The maximum absolute atomic E-state index is 12.6. The molecule has 7 nitrogen and oxygen atoms in total. The molecule has 1 N–H and O–H groups in total. The van der Waals surface area contributed by atoms with Crippen molar-refractivity contribution in [1.82, 2.24) is 24.4 Å². The summed E-state index contributed by atoms with van der Waals surface area (Å²) in [5.74, 6) is 1.18. The van der Waals surface area contributed by atoms with Gasteiger partial charge in [0.2, 0.25) is 0 Å². The van der Waals surface area contributed by atoms with E-state index in [0.29, 0.717) is 13.1 Å². The van der Waals surface area contributed by atoms with Gasteiger partial charge in [0.05, 0.1) is 6.20 Å². The zero-order chi connectivity index (χ0) is 16.9. The van der Waals surface area contributed by atoms with Crippen LogP contribution in [0.4, 0.5) is 0 Å². The first kappa shape index (κ1) is 16.4. The van der Waals surface area contributed by atoms with Crippen molar-refractivity contribution in [3.8, 4) is 0 Å². The number of imidazole rings is 1. The molecule has 1 saturated heterocycles. The number of amides is 1. The van der Waals surface area contributed by atoms with Gasteiger partial charge in [0.1, 0.15) is 11.5 Å². The second-order valence-electron chi connectivity index (χ2n) is 6.22. The number of nitrogens with one attached hydrogen (secondary N) is 1. The van der Waals surface area contributed by atoms with Gasteiger partial charge >= 0.3 is 0 Å². The molecule has 2 aromatic heterocycles. The van der Waals surface area contributed by atoms with Crippen LogP contribution in [0.2, 0.25) is 0 Å².